The average Bonchev–Trinajstić information content (AvgIpc) is 2.89. The predicted molar refractivity (Wildman–Crippen MR) is 82.6 cm³/mol. The zero-order chi connectivity index (χ0) is 13.1. The Morgan fingerprint density at radius 3 is 3.00 bits per heavy atom. The number of fused-ring (bicyclic) bond motifs is 1. The fraction of sp³-hybridized carbons (Fsp3) is 0.688. The molecule has 0 bridgehead atoms. The van der Waals surface area contributed by atoms with Gasteiger partial charge in [0.1, 0.15) is 0 Å². The lowest BCUT2D eigenvalue weighted by atomic mass is 9.88. The molecule has 0 aromatic carbocycles. The van der Waals surface area contributed by atoms with Crippen LogP contribution in [-0.2, 0) is 6.42 Å². The van der Waals surface area contributed by atoms with Crippen molar-refractivity contribution in [3.63, 3.8) is 0 Å². The molecule has 19 heavy (non-hydrogen) atoms. The largest absolute Gasteiger partial charge is 0.307 e. The van der Waals surface area contributed by atoms with Crippen molar-refractivity contribution in [2.45, 2.75) is 55.7 Å². The molecule has 1 aromatic heterocycles. The van der Waals surface area contributed by atoms with Crippen molar-refractivity contribution >= 4 is 11.8 Å². The summed E-state index contributed by atoms with van der Waals surface area (Å²) in [6.45, 7) is 1.15. The van der Waals surface area contributed by atoms with E-state index in [9.17, 15) is 0 Å². The van der Waals surface area contributed by atoms with Crippen LogP contribution in [0, 0.1) is 0 Å². The number of aromatic nitrogens is 1. The molecule has 0 radical (unpaired) electrons. The predicted octanol–water partition coefficient (Wildman–Crippen LogP) is 3.72. The topological polar surface area (TPSA) is 24.9 Å². The highest BCUT2D eigenvalue weighted by atomic mass is 32.2. The van der Waals surface area contributed by atoms with Crippen molar-refractivity contribution in [2.24, 2.45) is 0 Å². The van der Waals surface area contributed by atoms with E-state index in [0.717, 1.165) is 6.54 Å². The summed E-state index contributed by atoms with van der Waals surface area (Å²) in [5, 5.41) is 3.82. The second kappa shape index (κ2) is 5.84. The molecule has 104 valence electrons. The van der Waals surface area contributed by atoms with E-state index in [1.165, 1.54) is 56.2 Å². The number of pyridine rings is 1. The quantitative estimate of drug-likeness (QED) is 0.907. The van der Waals surface area contributed by atoms with E-state index in [-0.39, 0.29) is 0 Å². The van der Waals surface area contributed by atoms with Gasteiger partial charge in [0.2, 0.25) is 0 Å². The first-order valence-corrected chi connectivity index (χ1v) is 8.78. The van der Waals surface area contributed by atoms with Gasteiger partial charge in [0.25, 0.3) is 0 Å². The van der Waals surface area contributed by atoms with Gasteiger partial charge in [-0.3, -0.25) is 4.98 Å². The van der Waals surface area contributed by atoms with Gasteiger partial charge in [0.05, 0.1) is 11.7 Å². The van der Waals surface area contributed by atoms with E-state index in [2.05, 4.69) is 40.5 Å². The number of hydrogen-bond donors (Lipinski definition) is 1. The molecule has 1 heterocycles. The molecule has 1 atom stereocenters. The molecule has 1 N–H and O–H groups in total. The molecule has 0 amide bonds. The summed E-state index contributed by atoms with van der Waals surface area (Å²) in [6, 6.07) is 4.78. The maximum atomic E-state index is 4.58. The summed E-state index contributed by atoms with van der Waals surface area (Å²) in [6.07, 6.45) is 13.6. The molecule has 0 saturated heterocycles. The van der Waals surface area contributed by atoms with Crippen LogP contribution in [0.25, 0.3) is 0 Å². The van der Waals surface area contributed by atoms with Crippen LogP contribution in [0.1, 0.15) is 55.8 Å². The fourth-order valence-corrected chi connectivity index (χ4v) is 4.49. The van der Waals surface area contributed by atoms with Gasteiger partial charge in [-0.2, -0.15) is 11.8 Å². The first kappa shape index (κ1) is 13.4. The van der Waals surface area contributed by atoms with Crippen LogP contribution in [0.4, 0.5) is 0 Å². The van der Waals surface area contributed by atoms with E-state index >= 15 is 0 Å². The molecule has 3 rings (SSSR count). The van der Waals surface area contributed by atoms with Crippen LogP contribution in [-0.4, -0.2) is 22.5 Å². The molecular weight excluding hydrogens is 252 g/mol. The maximum Gasteiger partial charge on any atom is 0.0605 e. The highest BCUT2D eigenvalue weighted by Crippen LogP contribution is 2.39. The van der Waals surface area contributed by atoms with Crippen LogP contribution < -0.4 is 5.32 Å². The van der Waals surface area contributed by atoms with Crippen LogP contribution >= 0.6 is 11.8 Å². The Hall–Kier alpha value is -0.540. The Labute approximate surface area is 120 Å². The number of rotatable bonds is 4. The Morgan fingerprint density at radius 2 is 2.21 bits per heavy atom. The molecule has 2 aliphatic carbocycles. The molecule has 1 fully saturated rings. The van der Waals surface area contributed by atoms with Crippen LogP contribution in [0.5, 0.6) is 0 Å². The minimum atomic E-state index is 0.482. The van der Waals surface area contributed by atoms with Gasteiger partial charge < -0.3 is 5.32 Å². The Bertz CT molecular complexity index is 427. The number of aryl methyl sites for hydroxylation is 1. The number of nitrogens with zero attached hydrogens (tertiary/aromatic N) is 1. The Morgan fingerprint density at radius 1 is 1.37 bits per heavy atom. The lowest BCUT2D eigenvalue weighted by Crippen LogP contribution is -2.40. The zero-order valence-electron chi connectivity index (χ0n) is 11.8. The normalized spacial score (nSPS) is 25.2. The van der Waals surface area contributed by atoms with Crippen molar-refractivity contribution in [3.05, 3.63) is 29.6 Å². The maximum absolute atomic E-state index is 4.58. The summed E-state index contributed by atoms with van der Waals surface area (Å²) >= 11 is 2.07. The minimum Gasteiger partial charge on any atom is -0.307 e. The molecule has 2 aliphatic rings. The average molecular weight is 276 g/mol. The van der Waals surface area contributed by atoms with Gasteiger partial charge in [-0.05, 0) is 43.6 Å². The number of nitrogens with one attached hydrogen (secondary N) is 1. The van der Waals surface area contributed by atoms with Gasteiger partial charge in [-0.25, -0.2) is 0 Å². The van der Waals surface area contributed by atoms with E-state index in [1.807, 2.05) is 6.20 Å². The number of thioether (sulfide) groups is 1. The summed E-state index contributed by atoms with van der Waals surface area (Å²) in [4.78, 5) is 4.58. The molecular formula is C16H24N2S. The first-order chi connectivity index (χ1) is 9.33. The monoisotopic (exact) mass is 276 g/mol. The minimum absolute atomic E-state index is 0.482. The van der Waals surface area contributed by atoms with E-state index < -0.39 is 0 Å². The van der Waals surface area contributed by atoms with Gasteiger partial charge in [0.15, 0.2) is 0 Å². The van der Waals surface area contributed by atoms with Crippen molar-refractivity contribution < 1.29 is 0 Å². The van der Waals surface area contributed by atoms with Crippen molar-refractivity contribution in [3.8, 4) is 0 Å². The second-order valence-electron chi connectivity index (χ2n) is 5.97. The fourth-order valence-electron chi connectivity index (χ4n) is 3.57. The van der Waals surface area contributed by atoms with Gasteiger partial charge in [0, 0.05) is 17.5 Å². The van der Waals surface area contributed by atoms with Crippen molar-refractivity contribution in [2.75, 3.05) is 12.8 Å². The third kappa shape index (κ3) is 2.82. The summed E-state index contributed by atoms with van der Waals surface area (Å²) in [5.74, 6) is 0. The third-order valence-electron chi connectivity index (χ3n) is 4.83. The summed E-state index contributed by atoms with van der Waals surface area (Å²) in [5.41, 5.74) is 2.75. The lowest BCUT2D eigenvalue weighted by molar-refractivity contribution is 0.360. The van der Waals surface area contributed by atoms with Gasteiger partial charge >= 0.3 is 0 Å². The third-order valence-corrected chi connectivity index (χ3v) is 6.25. The van der Waals surface area contributed by atoms with Crippen LogP contribution in [0.15, 0.2) is 18.3 Å². The van der Waals surface area contributed by atoms with Crippen LogP contribution in [0.2, 0.25) is 0 Å². The molecule has 1 aromatic rings. The standard InChI is InChI=1S/C16H24N2S/c1-19-16(9-3-2-4-10-16)12-18-14-8-7-13-6-5-11-17-15(13)14/h5-6,11,14,18H,2-4,7-10,12H2,1H3. The van der Waals surface area contributed by atoms with Gasteiger partial charge in [-0.1, -0.05) is 25.3 Å². The molecule has 3 heteroatoms. The molecule has 0 aliphatic heterocycles. The summed E-state index contributed by atoms with van der Waals surface area (Å²) in [7, 11) is 0. The zero-order valence-corrected chi connectivity index (χ0v) is 12.6. The molecule has 2 nitrogen and oxygen atoms in total. The van der Waals surface area contributed by atoms with Crippen LogP contribution in [0.3, 0.4) is 0 Å². The lowest BCUT2D eigenvalue weighted by Gasteiger charge is -2.37. The Kier molecular flexibility index (Phi) is 4.13. The highest BCUT2D eigenvalue weighted by molar-refractivity contribution is 8.00. The number of hydrogen-bond acceptors (Lipinski definition) is 3. The second-order valence-corrected chi connectivity index (χ2v) is 7.24. The smallest absolute Gasteiger partial charge is 0.0605 e. The molecule has 1 unspecified atom stereocenters. The Balaban J connectivity index is 1.63. The van der Waals surface area contributed by atoms with E-state index in [1.54, 1.807) is 0 Å². The summed E-state index contributed by atoms with van der Waals surface area (Å²) < 4.78 is 0.482. The van der Waals surface area contributed by atoms with E-state index in [0.29, 0.717) is 10.8 Å². The van der Waals surface area contributed by atoms with Crippen molar-refractivity contribution in [1.82, 2.24) is 10.3 Å². The first-order valence-electron chi connectivity index (χ1n) is 7.55. The molecule has 1 saturated carbocycles. The van der Waals surface area contributed by atoms with E-state index in [4.69, 9.17) is 0 Å². The molecule has 0 spiro atoms. The highest BCUT2D eigenvalue weighted by Gasteiger charge is 2.33. The SMILES string of the molecule is CSC1(CNC2CCc3cccnc32)CCCCC1. The van der Waals surface area contributed by atoms with Gasteiger partial charge in [-0.15, -0.1) is 0 Å². The van der Waals surface area contributed by atoms with Crippen molar-refractivity contribution in [1.29, 1.82) is 0 Å².